The summed E-state index contributed by atoms with van der Waals surface area (Å²) in [4.78, 5) is 27.9. The van der Waals surface area contributed by atoms with E-state index < -0.39 is 32.0 Å². The van der Waals surface area contributed by atoms with E-state index >= 15 is 0 Å². The molecule has 8 rings (SSSR count). The van der Waals surface area contributed by atoms with E-state index in [-0.39, 0.29) is 11.8 Å². The van der Waals surface area contributed by atoms with Gasteiger partial charge in [0, 0.05) is 24.2 Å². The molecule has 70 heavy (non-hydrogen) atoms. The highest BCUT2D eigenvalue weighted by molar-refractivity contribution is 7.80. The van der Waals surface area contributed by atoms with Crippen LogP contribution in [0.25, 0.3) is 32.7 Å². The molecule has 8 aromatic rings. The quantitative estimate of drug-likeness (QED) is 0.0326. The summed E-state index contributed by atoms with van der Waals surface area (Å²) < 4.78 is 0. The van der Waals surface area contributed by atoms with E-state index in [0.717, 1.165) is 69.7 Å². The van der Waals surface area contributed by atoms with Gasteiger partial charge in [-0.3, -0.25) is 9.59 Å². The van der Waals surface area contributed by atoms with Gasteiger partial charge >= 0.3 is 0 Å². The predicted octanol–water partition coefficient (Wildman–Crippen LogP) is 13.2. The van der Waals surface area contributed by atoms with Crippen LogP contribution in [0.5, 0.6) is 0 Å². The van der Waals surface area contributed by atoms with Crippen LogP contribution in [0, 0.1) is 0 Å². The molecule has 0 unspecified atom stereocenters. The Hall–Kier alpha value is -6.01. The number of amides is 2. The third kappa shape index (κ3) is 12.1. The van der Waals surface area contributed by atoms with Gasteiger partial charge in [0.15, 0.2) is 0 Å². The van der Waals surface area contributed by atoms with Gasteiger partial charge in [-0.15, -0.1) is 13.2 Å². The zero-order valence-corrected chi connectivity index (χ0v) is 45.0. The molecule has 4 nitrogen and oxygen atoms in total. The van der Waals surface area contributed by atoms with Gasteiger partial charge in [-0.25, -0.2) is 0 Å². The molecule has 0 aromatic heterocycles. The number of carbonyl (C=O) groups excluding carboxylic acids is 2. The lowest BCUT2D eigenvalue weighted by atomic mass is 9.92. The highest BCUT2D eigenvalue weighted by atomic mass is 31.1. The molecule has 0 fully saturated rings. The van der Waals surface area contributed by atoms with E-state index in [9.17, 15) is 9.59 Å². The van der Waals surface area contributed by atoms with Crippen molar-refractivity contribution in [1.82, 2.24) is 10.6 Å². The number of hydrogen-bond donors (Lipinski definition) is 2. The summed E-state index contributed by atoms with van der Waals surface area (Å²) in [5.41, 5.74) is 3.61. The van der Waals surface area contributed by atoms with Crippen molar-refractivity contribution < 1.29 is 9.59 Å². The van der Waals surface area contributed by atoms with Crippen LogP contribution in [0.15, 0.2) is 207 Å². The van der Waals surface area contributed by atoms with E-state index in [2.05, 4.69) is 220 Å². The largest absolute Gasteiger partial charge is 0.352 e. The van der Waals surface area contributed by atoms with Crippen molar-refractivity contribution in [1.29, 1.82) is 0 Å². The topological polar surface area (TPSA) is 58.2 Å². The Balaban J connectivity index is 1.34. The Labute approximate surface area is 420 Å². The highest BCUT2D eigenvalue weighted by Crippen LogP contribution is 2.46. The summed E-state index contributed by atoms with van der Waals surface area (Å²) in [6.45, 7) is 18.8. The summed E-state index contributed by atoms with van der Waals surface area (Å²) in [7, 11) is -4.92. The zero-order valence-electron chi connectivity index (χ0n) is 41.3. The van der Waals surface area contributed by atoms with E-state index in [1.807, 2.05) is 24.3 Å². The Bertz CT molecular complexity index is 2800. The normalized spacial score (nSPS) is 11.8. The first-order valence-corrected chi connectivity index (χ1v) is 34.2. The van der Waals surface area contributed by atoms with E-state index in [0.29, 0.717) is 24.2 Å². The first kappa shape index (κ1) is 50.4. The first-order chi connectivity index (χ1) is 34.0. The number of benzene rings is 8. The van der Waals surface area contributed by atoms with Crippen molar-refractivity contribution >= 4 is 97.2 Å². The molecule has 0 aliphatic rings. The molecule has 8 aromatic carbocycles. The number of allylic oxidation sites excluding steroid dienone is 2. The SMILES string of the molecule is C=CC[Si](C)(C)CCCNC(=O)c1ccc2c(-c3c(P(c4ccccc4)c4ccccc4)ccc4cc(C(=O)NCCC[Si](C)(C)CC=C)ccc34)c(P(c3ccccc3)c3ccccc3)ccc2c1. The van der Waals surface area contributed by atoms with Gasteiger partial charge in [-0.1, -0.05) is 208 Å². The van der Waals surface area contributed by atoms with Gasteiger partial charge in [-0.2, -0.15) is 0 Å². The minimum absolute atomic E-state index is 0.0533. The molecule has 0 saturated carbocycles. The van der Waals surface area contributed by atoms with Crippen molar-refractivity contribution in [2.75, 3.05) is 13.1 Å². The molecule has 0 aliphatic carbocycles. The van der Waals surface area contributed by atoms with Crippen molar-refractivity contribution in [3.05, 3.63) is 218 Å². The fourth-order valence-electron chi connectivity index (χ4n) is 9.71. The lowest BCUT2D eigenvalue weighted by Gasteiger charge is -2.28. The second-order valence-electron chi connectivity index (χ2n) is 19.8. The molecule has 0 radical (unpaired) electrons. The molecule has 0 saturated heterocycles. The van der Waals surface area contributed by atoms with E-state index in [1.165, 1.54) is 31.8 Å². The van der Waals surface area contributed by atoms with Crippen molar-refractivity contribution in [2.24, 2.45) is 0 Å². The fourth-order valence-corrected chi connectivity index (χ4v) is 18.9. The molecule has 354 valence electrons. The van der Waals surface area contributed by atoms with Crippen LogP contribution in [0.2, 0.25) is 50.4 Å². The Morgan fingerprint density at radius 3 is 1.10 bits per heavy atom. The van der Waals surface area contributed by atoms with Crippen LogP contribution in [0.3, 0.4) is 0 Å². The average Bonchev–Trinajstić information content (AvgIpc) is 3.37. The standard InChI is InChI=1S/C62H66N2O2P2Si2/c1-7-41-69(3,4)43-21-39-63-61(65)49-31-35-55-47(45-49)33-37-57(67(51-23-13-9-14-24-51)52-25-15-10-16-26-52)59(55)60-56-36-32-50(62(66)64-40-22-44-70(5,6)42-8-2)46-48(56)34-38-58(60)68(53-27-17-11-18-28-53)54-29-19-12-20-30-54/h7-20,23-38,45-46H,1-2,21-22,39-44H2,3-6H3,(H,63,65)(H,64,66). The lowest BCUT2D eigenvalue weighted by Crippen LogP contribution is -2.29. The van der Waals surface area contributed by atoms with Gasteiger partial charge in [0.2, 0.25) is 0 Å². The van der Waals surface area contributed by atoms with Gasteiger partial charge in [-0.05, 0) is 130 Å². The molecule has 0 bridgehead atoms. The van der Waals surface area contributed by atoms with Crippen molar-refractivity contribution in [3.8, 4) is 11.1 Å². The number of hydrogen-bond acceptors (Lipinski definition) is 2. The molecular formula is C62H66N2O2P2Si2. The van der Waals surface area contributed by atoms with Crippen molar-refractivity contribution in [2.45, 2.75) is 63.2 Å². The van der Waals surface area contributed by atoms with Crippen LogP contribution in [-0.2, 0) is 0 Å². The molecule has 0 atom stereocenters. The molecule has 0 aliphatic heterocycles. The number of fused-ring (bicyclic) bond motifs is 2. The second kappa shape index (κ2) is 23.3. The van der Waals surface area contributed by atoms with E-state index in [1.54, 1.807) is 0 Å². The summed E-state index contributed by atoms with van der Waals surface area (Å²) in [6.07, 6.45) is 6.00. The molecule has 2 N–H and O–H groups in total. The smallest absolute Gasteiger partial charge is 0.251 e. The van der Waals surface area contributed by atoms with Gasteiger partial charge in [0.05, 0.1) is 16.1 Å². The van der Waals surface area contributed by atoms with Crippen molar-refractivity contribution in [3.63, 3.8) is 0 Å². The van der Waals surface area contributed by atoms with E-state index in [4.69, 9.17) is 0 Å². The summed E-state index contributed by atoms with van der Waals surface area (Å²) in [5, 5.41) is 18.2. The Kier molecular flexibility index (Phi) is 16.8. The number of rotatable bonds is 21. The maximum absolute atomic E-state index is 14.0. The predicted molar refractivity (Wildman–Crippen MR) is 313 cm³/mol. The van der Waals surface area contributed by atoms with Gasteiger partial charge in [0.25, 0.3) is 11.8 Å². The summed E-state index contributed by atoms with van der Waals surface area (Å²) in [5.74, 6) is -0.107. The van der Waals surface area contributed by atoms with Crippen LogP contribution < -0.4 is 42.5 Å². The third-order valence-electron chi connectivity index (χ3n) is 13.3. The second-order valence-corrected chi connectivity index (χ2v) is 34.7. The minimum atomic E-state index is -1.38. The third-order valence-corrected chi connectivity index (χ3v) is 24.5. The molecular weight excluding hydrogens is 923 g/mol. The Morgan fingerprint density at radius 2 is 0.786 bits per heavy atom. The van der Waals surface area contributed by atoms with Gasteiger partial charge < -0.3 is 10.6 Å². The summed E-state index contributed by atoms with van der Waals surface area (Å²) in [6, 6.07) is 69.7. The molecule has 0 heterocycles. The lowest BCUT2D eigenvalue weighted by molar-refractivity contribution is 0.0945. The maximum Gasteiger partial charge on any atom is 0.251 e. The number of nitrogens with one attached hydrogen (secondary N) is 2. The number of carbonyl (C=O) groups is 2. The maximum atomic E-state index is 14.0. The van der Waals surface area contributed by atoms with Gasteiger partial charge in [0.1, 0.15) is 0 Å². The fraction of sp³-hybridized carbons (Fsp3) is 0.194. The van der Waals surface area contributed by atoms with Crippen LogP contribution in [-0.4, -0.2) is 41.1 Å². The highest BCUT2D eigenvalue weighted by Gasteiger charge is 2.29. The Morgan fingerprint density at radius 1 is 0.457 bits per heavy atom. The average molecular weight is 989 g/mol. The molecule has 2 amide bonds. The van der Waals surface area contributed by atoms with Crippen LogP contribution in [0.1, 0.15) is 33.6 Å². The summed E-state index contributed by atoms with van der Waals surface area (Å²) >= 11 is 0. The zero-order chi connectivity index (χ0) is 49.1. The first-order valence-electron chi connectivity index (χ1n) is 24.7. The molecule has 8 heteroatoms. The molecule has 0 spiro atoms. The minimum Gasteiger partial charge on any atom is -0.352 e. The van der Waals surface area contributed by atoms with Crippen LogP contribution in [0.4, 0.5) is 0 Å². The van der Waals surface area contributed by atoms with Crippen LogP contribution >= 0.6 is 15.8 Å². The monoisotopic (exact) mass is 988 g/mol.